The molecule has 2 aromatic rings. The van der Waals surface area contributed by atoms with Crippen molar-refractivity contribution in [3.8, 4) is 0 Å². The minimum atomic E-state index is -4.29. The monoisotopic (exact) mass is 336 g/mol. The van der Waals surface area contributed by atoms with Crippen molar-refractivity contribution >= 4 is 0 Å². The van der Waals surface area contributed by atoms with Crippen molar-refractivity contribution in [2.75, 3.05) is 6.54 Å². The molecule has 1 aromatic heterocycles. The Kier molecular flexibility index (Phi) is 5.65. The van der Waals surface area contributed by atoms with Gasteiger partial charge in [-0.3, -0.25) is 4.98 Å². The number of halogens is 3. The summed E-state index contributed by atoms with van der Waals surface area (Å²) in [6, 6.07) is 9.53. The molecule has 0 radical (unpaired) electrons. The topological polar surface area (TPSA) is 24.9 Å². The Balaban J connectivity index is 1.83. The third-order valence-electron chi connectivity index (χ3n) is 3.77. The molecule has 2 nitrogen and oxygen atoms in total. The Hall–Kier alpha value is -1.88. The highest BCUT2D eigenvalue weighted by atomic mass is 19.4. The summed E-state index contributed by atoms with van der Waals surface area (Å²) < 4.78 is 38.0. The van der Waals surface area contributed by atoms with Gasteiger partial charge in [0.25, 0.3) is 0 Å². The number of hydrogen-bond acceptors (Lipinski definition) is 2. The van der Waals surface area contributed by atoms with Gasteiger partial charge < -0.3 is 5.32 Å². The van der Waals surface area contributed by atoms with Crippen LogP contribution in [0.4, 0.5) is 13.2 Å². The normalized spacial score (nSPS) is 12.4. The van der Waals surface area contributed by atoms with E-state index in [0.29, 0.717) is 25.1 Å². The summed E-state index contributed by atoms with van der Waals surface area (Å²) in [5.74, 6) is 0. The second-order valence-corrected chi connectivity index (χ2v) is 6.93. The molecule has 2 rings (SSSR count). The average Bonchev–Trinajstić information content (AvgIpc) is 2.51. The Morgan fingerprint density at radius 3 is 2.33 bits per heavy atom. The van der Waals surface area contributed by atoms with Crippen LogP contribution in [0.25, 0.3) is 0 Å². The minimum Gasteiger partial charge on any atom is -0.312 e. The zero-order chi connectivity index (χ0) is 17.8. The minimum absolute atomic E-state index is 0.0233. The van der Waals surface area contributed by atoms with E-state index in [0.717, 1.165) is 17.3 Å². The number of rotatable bonds is 5. The number of hydrogen-bond donors (Lipinski definition) is 1. The highest BCUT2D eigenvalue weighted by Gasteiger charge is 2.30. The number of nitrogens with one attached hydrogen (secondary N) is 1. The summed E-state index contributed by atoms with van der Waals surface area (Å²) in [6.45, 7) is 7.60. The van der Waals surface area contributed by atoms with Gasteiger partial charge in [-0.05, 0) is 36.2 Å². The molecule has 0 aliphatic carbocycles. The van der Waals surface area contributed by atoms with Crippen LogP contribution in [0.1, 0.15) is 43.2 Å². The molecular weight excluding hydrogens is 313 g/mol. The molecule has 0 atom stereocenters. The molecule has 0 aliphatic heterocycles. The molecular formula is C19H23F3N2. The van der Waals surface area contributed by atoms with E-state index in [-0.39, 0.29) is 5.41 Å². The second-order valence-electron chi connectivity index (χ2n) is 6.93. The first kappa shape index (κ1) is 18.5. The first-order valence-corrected chi connectivity index (χ1v) is 7.98. The predicted molar refractivity (Wildman–Crippen MR) is 89.8 cm³/mol. The van der Waals surface area contributed by atoms with Gasteiger partial charge in [0.05, 0.1) is 5.56 Å². The Morgan fingerprint density at radius 2 is 1.75 bits per heavy atom. The van der Waals surface area contributed by atoms with Crippen LogP contribution in [0.3, 0.4) is 0 Å². The fourth-order valence-electron chi connectivity index (χ4n) is 2.34. The molecule has 0 saturated carbocycles. The zero-order valence-electron chi connectivity index (χ0n) is 14.2. The van der Waals surface area contributed by atoms with E-state index in [9.17, 15) is 13.2 Å². The van der Waals surface area contributed by atoms with Crippen molar-refractivity contribution in [3.05, 3.63) is 65.0 Å². The van der Waals surface area contributed by atoms with Crippen LogP contribution in [0.15, 0.2) is 42.6 Å². The highest BCUT2D eigenvalue weighted by Crippen LogP contribution is 2.29. The molecule has 1 aromatic carbocycles. The van der Waals surface area contributed by atoms with E-state index in [1.165, 1.54) is 12.1 Å². The number of benzene rings is 1. The first-order chi connectivity index (χ1) is 11.2. The van der Waals surface area contributed by atoms with Crippen LogP contribution in [0.5, 0.6) is 0 Å². The zero-order valence-corrected chi connectivity index (χ0v) is 14.2. The molecule has 0 spiro atoms. The smallest absolute Gasteiger partial charge is 0.312 e. The Bertz CT molecular complexity index is 656. The van der Waals surface area contributed by atoms with Crippen molar-refractivity contribution in [2.24, 2.45) is 0 Å². The third kappa shape index (κ3) is 5.34. The van der Waals surface area contributed by atoms with Gasteiger partial charge in [0.1, 0.15) is 0 Å². The van der Waals surface area contributed by atoms with Gasteiger partial charge in [-0.15, -0.1) is 0 Å². The fraction of sp³-hybridized carbons (Fsp3) is 0.421. The summed E-state index contributed by atoms with van der Waals surface area (Å²) >= 11 is 0. The average molecular weight is 336 g/mol. The standard InChI is InChI=1S/C19H23F3N2/c1-18(2,3)17-8-7-15(13-24-17)12-23-10-9-14-5-4-6-16(11-14)19(20,21)22/h4-8,11,13,23H,9-10,12H2,1-3H3. The summed E-state index contributed by atoms with van der Waals surface area (Å²) in [6.07, 6.45) is -1.89. The maximum absolute atomic E-state index is 12.7. The van der Waals surface area contributed by atoms with Crippen LogP contribution in [-0.2, 0) is 24.6 Å². The van der Waals surface area contributed by atoms with E-state index in [2.05, 4.69) is 31.1 Å². The lowest BCUT2D eigenvalue weighted by molar-refractivity contribution is -0.137. The van der Waals surface area contributed by atoms with Crippen molar-refractivity contribution in [1.82, 2.24) is 10.3 Å². The number of pyridine rings is 1. The van der Waals surface area contributed by atoms with Crippen LogP contribution < -0.4 is 5.32 Å². The van der Waals surface area contributed by atoms with Crippen molar-refractivity contribution in [2.45, 2.75) is 45.3 Å². The van der Waals surface area contributed by atoms with Gasteiger partial charge in [-0.1, -0.05) is 45.0 Å². The molecule has 0 saturated heterocycles. The molecule has 24 heavy (non-hydrogen) atoms. The van der Waals surface area contributed by atoms with Crippen LogP contribution in [0, 0.1) is 0 Å². The lowest BCUT2D eigenvalue weighted by Crippen LogP contribution is -2.18. The number of nitrogens with zero attached hydrogens (tertiary/aromatic N) is 1. The largest absolute Gasteiger partial charge is 0.416 e. The van der Waals surface area contributed by atoms with Crippen molar-refractivity contribution in [3.63, 3.8) is 0 Å². The SMILES string of the molecule is CC(C)(C)c1ccc(CNCCc2cccc(C(F)(F)F)c2)cn1. The summed E-state index contributed by atoms with van der Waals surface area (Å²) in [4.78, 5) is 4.46. The maximum Gasteiger partial charge on any atom is 0.416 e. The molecule has 0 amide bonds. The quantitative estimate of drug-likeness (QED) is 0.799. The summed E-state index contributed by atoms with van der Waals surface area (Å²) in [5, 5.41) is 3.25. The van der Waals surface area contributed by atoms with E-state index in [4.69, 9.17) is 0 Å². The highest BCUT2D eigenvalue weighted by molar-refractivity contribution is 5.26. The van der Waals surface area contributed by atoms with Gasteiger partial charge in [0.2, 0.25) is 0 Å². The molecule has 1 N–H and O–H groups in total. The number of alkyl halides is 3. The predicted octanol–water partition coefficient (Wildman–Crippen LogP) is 4.73. The lowest BCUT2D eigenvalue weighted by atomic mass is 9.91. The van der Waals surface area contributed by atoms with E-state index in [1.807, 2.05) is 18.3 Å². The van der Waals surface area contributed by atoms with Crippen LogP contribution in [-0.4, -0.2) is 11.5 Å². The van der Waals surface area contributed by atoms with E-state index < -0.39 is 11.7 Å². The summed E-state index contributed by atoms with van der Waals surface area (Å²) in [7, 11) is 0. The molecule has 5 heteroatoms. The number of aromatic nitrogens is 1. The van der Waals surface area contributed by atoms with E-state index >= 15 is 0 Å². The third-order valence-corrected chi connectivity index (χ3v) is 3.77. The van der Waals surface area contributed by atoms with Crippen molar-refractivity contribution < 1.29 is 13.2 Å². The molecule has 0 unspecified atom stereocenters. The van der Waals surface area contributed by atoms with Gasteiger partial charge in [-0.25, -0.2) is 0 Å². The van der Waals surface area contributed by atoms with Crippen molar-refractivity contribution in [1.29, 1.82) is 0 Å². The van der Waals surface area contributed by atoms with Crippen LogP contribution >= 0.6 is 0 Å². The Morgan fingerprint density at radius 1 is 1.00 bits per heavy atom. The molecule has 130 valence electrons. The Labute approximate surface area is 141 Å². The maximum atomic E-state index is 12.7. The molecule has 0 aliphatic rings. The fourth-order valence-corrected chi connectivity index (χ4v) is 2.34. The van der Waals surface area contributed by atoms with Gasteiger partial charge in [0.15, 0.2) is 0 Å². The van der Waals surface area contributed by atoms with Crippen LogP contribution in [0.2, 0.25) is 0 Å². The second kappa shape index (κ2) is 7.34. The molecule has 0 bridgehead atoms. The first-order valence-electron chi connectivity index (χ1n) is 7.98. The molecule has 1 heterocycles. The lowest BCUT2D eigenvalue weighted by Gasteiger charge is -2.17. The van der Waals surface area contributed by atoms with Gasteiger partial charge >= 0.3 is 6.18 Å². The van der Waals surface area contributed by atoms with E-state index in [1.54, 1.807) is 6.07 Å². The summed E-state index contributed by atoms with van der Waals surface area (Å²) in [5.41, 5.74) is 2.21. The van der Waals surface area contributed by atoms with Gasteiger partial charge in [0, 0.05) is 23.9 Å². The molecule has 0 fully saturated rings. The van der Waals surface area contributed by atoms with Gasteiger partial charge in [-0.2, -0.15) is 13.2 Å².